The van der Waals surface area contributed by atoms with Crippen molar-refractivity contribution in [3.05, 3.63) is 30.3 Å². The van der Waals surface area contributed by atoms with Crippen molar-refractivity contribution in [3.8, 4) is 0 Å². The van der Waals surface area contributed by atoms with Gasteiger partial charge in [0, 0.05) is 0 Å². The summed E-state index contributed by atoms with van der Waals surface area (Å²) in [5.41, 5.74) is -2.10. The first-order valence-electron chi connectivity index (χ1n) is 5.79. The van der Waals surface area contributed by atoms with Crippen molar-refractivity contribution in [2.45, 2.75) is 18.3 Å². The highest BCUT2D eigenvalue weighted by molar-refractivity contribution is 5.86. The van der Waals surface area contributed by atoms with E-state index in [9.17, 15) is 22.8 Å². The number of nitrogens with zero attached hydrogens (tertiary/aromatic N) is 2. The van der Waals surface area contributed by atoms with Crippen molar-refractivity contribution in [2.24, 2.45) is 10.2 Å². The van der Waals surface area contributed by atoms with Crippen LogP contribution in [-0.4, -0.2) is 30.4 Å². The van der Waals surface area contributed by atoms with Gasteiger partial charge in [-0.15, -0.1) is 5.11 Å². The van der Waals surface area contributed by atoms with Gasteiger partial charge in [0.1, 0.15) is 0 Å². The van der Waals surface area contributed by atoms with Crippen LogP contribution in [0.2, 0.25) is 0 Å². The van der Waals surface area contributed by atoms with Crippen molar-refractivity contribution >= 4 is 17.6 Å². The molecule has 0 N–H and O–H groups in total. The first kappa shape index (κ1) is 14.9. The predicted molar refractivity (Wildman–Crippen MR) is 61.4 cm³/mol. The van der Waals surface area contributed by atoms with Gasteiger partial charge in [-0.2, -0.15) is 18.3 Å². The van der Waals surface area contributed by atoms with Crippen LogP contribution in [0.5, 0.6) is 0 Å². The van der Waals surface area contributed by atoms with E-state index in [0.29, 0.717) is 5.69 Å². The standard InChI is InChI=1S/C12H9F3N2O4/c13-12(14,15)10(19)21-11(6-7-20-9(11)18)17-16-8-4-2-1-3-5-8/h1-5H,6-7H2. The second-order valence-corrected chi connectivity index (χ2v) is 4.09. The zero-order valence-corrected chi connectivity index (χ0v) is 10.5. The molecule has 1 aliphatic heterocycles. The monoisotopic (exact) mass is 302 g/mol. The van der Waals surface area contributed by atoms with E-state index in [2.05, 4.69) is 19.7 Å². The Labute approximate surface area is 116 Å². The third-order valence-electron chi connectivity index (χ3n) is 2.57. The van der Waals surface area contributed by atoms with Crippen LogP contribution in [0.15, 0.2) is 40.6 Å². The first-order chi connectivity index (χ1) is 9.83. The molecule has 0 aliphatic carbocycles. The Bertz CT molecular complexity index is 574. The number of benzene rings is 1. The Balaban J connectivity index is 2.25. The molecule has 0 amide bonds. The van der Waals surface area contributed by atoms with Gasteiger partial charge in [-0.1, -0.05) is 18.2 Å². The van der Waals surface area contributed by atoms with Crippen LogP contribution >= 0.6 is 0 Å². The molecule has 9 heteroatoms. The van der Waals surface area contributed by atoms with Crippen LogP contribution in [0.25, 0.3) is 0 Å². The Morgan fingerprint density at radius 1 is 1.29 bits per heavy atom. The fraction of sp³-hybridized carbons (Fsp3) is 0.333. The van der Waals surface area contributed by atoms with Crippen LogP contribution in [0.4, 0.5) is 18.9 Å². The molecule has 1 aliphatic rings. The number of halogens is 3. The molecular weight excluding hydrogens is 293 g/mol. The molecule has 1 aromatic rings. The minimum Gasteiger partial charge on any atom is -0.461 e. The van der Waals surface area contributed by atoms with Crippen molar-refractivity contribution in [2.75, 3.05) is 6.61 Å². The molecule has 1 atom stereocenters. The van der Waals surface area contributed by atoms with Gasteiger partial charge in [0.15, 0.2) is 0 Å². The Kier molecular flexibility index (Phi) is 3.92. The third-order valence-corrected chi connectivity index (χ3v) is 2.57. The molecule has 21 heavy (non-hydrogen) atoms. The lowest BCUT2D eigenvalue weighted by Crippen LogP contribution is -2.41. The number of alkyl halides is 3. The normalized spacial score (nSPS) is 22.3. The van der Waals surface area contributed by atoms with E-state index >= 15 is 0 Å². The maximum atomic E-state index is 12.3. The molecule has 2 rings (SSSR count). The van der Waals surface area contributed by atoms with E-state index in [1.807, 2.05) is 0 Å². The predicted octanol–water partition coefficient (Wildman–Crippen LogP) is 2.52. The molecule has 1 heterocycles. The van der Waals surface area contributed by atoms with Gasteiger partial charge in [0.25, 0.3) is 0 Å². The van der Waals surface area contributed by atoms with Gasteiger partial charge in [0.05, 0.1) is 18.7 Å². The lowest BCUT2D eigenvalue weighted by Gasteiger charge is -2.19. The van der Waals surface area contributed by atoms with Crippen molar-refractivity contribution in [1.29, 1.82) is 0 Å². The average molecular weight is 302 g/mol. The lowest BCUT2D eigenvalue weighted by atomic mass is 10.2. The van der Waals surface area contributed by atoms with E-state index < -0.39 is 23.8 Å². The fourth-order valence-corrected chi connectivity index (χ4v) is 1.55. The van der Waals surface area contributed by atoms with E-state index in [0.717, 1.165) is 0 Å². The second-order valence-electron chi connectivity index (χ2n) is 4.09. The zero-order chi connectivity index (χ0) is 15.5. The molecule has 0 bridgehead atoms. The molecular formula is C12H9F3N2O4. The Hall–Kier alpha value is -2.45. The number of hydrogen-bond donors (Lipinski definition) is 0. The summed E-state index contributed by atoms with van der Waals surface area (Å²) in [6.45, 7) is -0.211. The molecule has 1 fully saturated rings. The summed E-state index contributed by atoms with van der Waals surface area (Å²) in [5, 5.41) is 7.09. The molecule has 112 valence electrons. The van der Waals surface area contributed by atoms with Crippen LogP contribution in [0.1, 0.15) is 6.42 Å². The topological polar surface area (TPSA) is 77.3 Å². The summed E-state index contributed by atoms with van der Waals surface area (Å²) in [6.07, 6.45) is -5.57. The van der Waals surface area contributed by atoms with E-state index in [1.165, 1.54) is 12.1 Å². The molecule has 1 aromatic carbocycles. The quantitative estimate of drug-likeness (QED) is 0.635. The maximum Gasteiger partial charge on any atom is 0.491 e. The zero-order valence-electron chi connectivity index (χ0n) is 10.5. The van der Waals surface area contributed by atoms with Crippen LogP contribution in [0.3, 0.4) is 0 Å². The van der Waals surface area contributed by atoms with Crippen LogP contribution < -0.4 is 0 Å². The smallest absolute Gasteiger partial charge is 0.461 e. The van der Waals surface area contributed by atoms with Crippen LogP contribution in [-0.2, 0) is 19.1 Å². The summed E-state index contributed by atoms with van der Waals surface area (Å²) in [5.74, 6) is -3.70. The third kappa shape index (κ3) is 3.36. The summed E-state index contributed by atoms with van der Waals surface area (Å²) in [4.78, 5) is 22.5. The van der Waals surface area contributed by atoms with E-state index in [4.69, 9.17) is 0 Å². The fourth-order valence-electron chi connectivity index (χ4n) is 1.55. The summed E-state index contributed by atoms with van der Waals surface area (Å²) in [7, 11) is 0. The number of hydrogen-bond acceptors (Lipinski definition) is 6. The summed E-state index contributed by atoms with van der Waals surface area (Å²) >= 11 is 0. The molecule has 6 nitrogen and oxygen atoms in total. The SMILES string of the molecule is O=C(OC1(N=Nc2ccccc2)CCOC1=O)C(F)(F)F. The minimum absolute atomic E-state index is 0.211. The van der Waals surface area contributed by atoms with Gasteiger partial charge >= 0.3 is 23.8 Å². The van der Waals surface area contributed by atoms with Gasteiger partial charge in [0.2, 0.25) is 0 Å². The number of carbonyl (C=O) groups is 2. The molecule has 0 spiro atoms. The molecule has 0 saturated carbocycles. The second kappa shape index (κ2) is 5.51. The molecule has 1 saturated heterocycles. The first-order valence-corrected chi connectivity index (χ1v) is 5.79. The Morgan fingerprint density at radius 3 is 2.48 bits per heavy atom. The van der Waals surface area contributed by atoms with Crippen molar-refractivity contribution in [1.82, 2.24) is 0 Å². The number of azo groups is 1. The average Bonchev–Trinajstić information content (AvgIpc) is 2.78. The number of carbonyl (C=O) groups excluding carboxylic acids is 2. The van der Waals surface area contributed by atoms with Gasteiger partial charge in [-0.3, -0.25) is 0 Å². The van der Waals surface area contributed by atoms with Gasteiger partial charge in [-0.25, -0.2) is 9.59 Å². The van der Waals surface area contributed by atoms with Crippen LogP contribution in [0, 0.1) is 0 Å². The van der Waals surface area contributed by atoms with Gasteiger partial charge < -0.3 is 9.47 Å². The highest BCUT2D eigenvalue weighted by atomic mass is 19.4. The summed E-state index contributed by atoms with van der Waals surface area (Å²) < 4.78 is 45.5. The Morgan fingerprint density at radius 2 is 1.95 bits per heavy atom. The molecule has 0 radical (unpaired) electrons. The number of cyclic esters (lactones) is 1. The largest absolute Gasteiger partial charge is 0.491 e. The lowest BCUT2D eigenvalue weighted by molar-refractivity contribution is -0.214. The van der Waals surface area contributed by atoms with E-state index in [-0.39, 0.29) is 13.0 Å². The van der Waals surface area contributed by atoms with Crippen molar-refractivity contribution in [3.63, 3.8) is 0 Å². The molecule has 0 aromatic heterocycles. The maximum absolute atomic E-state index is 12.3. The molecule has 1 unspecified atom stereocenters. The van der Waals surface area contributed by atoms with E-state index in [1.54, 1.807) is 18.2 Å². The van der Waals surface area contributed by atoms with Gasteiger partial charge in [-0.05, 0) is 12.1 Å². The minimum atomic E-state index is -5.24. The highest BCUT2D eigenvalue weighted by Gasteiger charge is 2.54. The number of rotatable bonds is 3. The summed E-state index contributed by atoms with van der Waals surface area (Å²) in [6, 6.07) is 7.97. The highest BCUT2D eigenvalue weighted by Crippen LogP contribution is 2.31. The number of ether oxygens (including phenoxy) is 2. The van der Waals surface area contributed by atoms with Crippen molar-refractivity contribution < 1.29 is 32.2 Å². The number of esters is 2.